The molecule has 4 aromatic rings. The van der Waals surface area contributed by atoms with E-state index >= 15 is 0 Å². The summed E-state index contributed by atoms with van der Waals surface area (Å²) in [6.07, 6.45) is 7.05. The van der Waals surface area contributed by atoms with Gasteiger partial charge < -0.3 is 24.8 Å². The molecule has 2 aliphatic rings. The largest absolute Gasteiger partial charge is 0.390 e. The first-order valence-electron chi connectivity index (χ1n) is 14.8. The van der Waals surface area contributed by atoms with Crippen LogP contribution in [0.1, 0.15) is 48.5 Å². The molecular weight excluding hydrogens is 510 g/mol. The summed E-state index contributed by atoms with van der Waals surface area (Å²) in [5.74, 6) is 0.0290. The maximum absolute atomic E-state index is 13.2. The Morgan fingerprint density at radius 2 is 1.68 bits per heavy atom. The first-order valence-corrected chi connectivity index (χ1v) is 14.8. The summed E-state index contributed by atoms with van der Waals surface area (Å²) >= 11 is 0. The summed E-state index contributed by atoms with van der Waals surface area (Å²) in [6.45, 7) is 8.38. The Morgan fingerprint density at radius 3 is 2.37 bits per heavy atom. The molecule has 1 aliphatic carbocycles. The Labute approximate surface area is 242 Å². The molecule has 3 heterocycles. The number of aryl methyl sites for hydroxylation is 1. The predicted octanol–water partition coefficient (Wildman–Crippen LogP) is 5.72. The summed E-state index contributed by atoms with van der Waals surface area (Å²) in [6, 6.07) is 17.0. The van der Waals surface area contributed by atoms with Crippen molar-refractivity contribution in [3.8, 4) is 22.3 Å². The molecule has 214 valence electrons. The van der Waals surface area contributed by atoms with Gasteiger partial charge in [0.1, 0.15) is 5.65 Å². The van der Waals surface area contributed by atoms with E-state index in [9.17, 15) is 9.90 Å². The summed E-state index contributed by atoms with van der Waals surface area (Å²) in [4.78, 5) is 28.0. The number of nitrogens with one attached hydrogen (secondary N) is 1. The van der Waals surface area contributed by atoms with Crippen LogP contribution in [0, 0.1) is 6.92 Å². The molecule has 2 fully saturated rings. The molecule has 0 spiro atoms. The number of carbonyl (C=O) groups is 1. The summed E-state index contributed by atoms with van der Waals surface area (Å²) in [7, 11) is 4.07. The fraction of sp³-hybridized carbons (Fsp3) is 0.412. The van der Waals surface area contributed by atoms with Crippen LogP contribution in [0.3, 0.4) is 0 Å². The number of pyridine rings is 1. The number of fused-ring (bicyclic) bond motifs is 1. The van der Waals surface area contributed by atoms with Crippen molar-refractivity contribution < 1.29 is 9.90 Å². The number of aliphatic hydroxyl groups is 1. The van der Waals surface area contributed by atoms with Crippen LogP contribution in [0.5, 0.6) is 0 Å². The predicted molar refractivity (Wildman–Crippen MR) is 166 cm³/mol. The Hall–Kier alpha value is -3.68. The molecule has 6 rings (SSSR count). The van der Waals surface area contributed by atoms with Crippen molar-refractivity contribution in [3.63, 3.8) is 0 Å². The van der Waals surface area contributed by atoms with Crippen molar-refractivity contribution in [2.24, 2.45) is 0 Å². The van der Waals surface area contributed by atoms with Crippen LogP contribution in [0.15, 0.2) is 60.9 Å². The van der Waals surface area contributed by atoms with E-state index in [1.807, 2.05) is 55.5 Å². The fourth-order valence-corrected chi connectivity index (χ4v) is 6.41. The number of nitrogens with zero attached hydrogens (tertiary/aromatic N) is 4. The van der Waals surface area contributed by atoms with Gasteiger partial charge in [0, 0.05) is 79.4 Å². The molecule has 1 saturated carbocycles. The van der Waals surface area contributed by atoms with Crippen LogP contribution < -0.4 is 4.90 Å². The number of hydrogen-bond donors (Lipinski definition) is 2. The number of anilines is 1. The van der Waals surface area contributed by atoms with E-state index < -0.39 is 5.60 Å². The van der Waals surface area contributed by atoms with Gasteiger partial charge >= 0.3 is 0 Å². The molecule has 0 radical (unpaired) electrons. The van der Waals surface area contributed by atoms with E-state index in [2.05, 4.69) is 53.0 Å². The lowest BCUT2D eigenvalue weighted by atomic mass is 9.83. The number of likely N-dealkylation sites (N-methyl/N-ethyl adjacent to an activating group) is 1. The third-order valence-electron chi connectivity index (χ3n) is 9.25. The van der Waals surface area contributed by atoms with E-state index in [0.717, 1.165) is 85.1 Å². The highest BCUT2D eigenvalue weighted by Crippen LogP contribution is 2.34. The van der Waals surface area contributed by atoms with Crippen molar-refractivity contribution in [2.75, 3.05) is 45.2 Å². The maximum atomic E-state index is 13.2. The van der Waals surface area contributed by atoms with Gasteiger partial charge in [0.25, 0.3) is 5.91 Å². The summed E-state index contributed by atoms with van der Waals surface area (Å²) in [5.41, 5.74) is 7.89. The van der Waals surface area contributed by atoms with E-state index in [-0.39, 0.29) is 11.9 Å². The van der Waals surface area contributed by atoms with Crippen LogP contribution in [0.25, 0.3) is 33.3 Å². The third-order valence-corrected chi connectivity index (χ3v) is 9.25. The molecule has 1 saturated heterocycles. The molecule has 0 unspecified atom stereocenters. The van der Waals surface area contributed by atoms with E-state index in [1.54, 1.807) is 0 Å². The van der Waals surface area contributed by atoms with Crippen LogP contribution >= 0.6 is 0 Å². The molecule has 2 N–H and O–H groups in total. The molecule has 2 aromatic carbocycles. The normalized spacial score (nSPS) is 21.8. The minimum Gasteiger partial charge on any atom is -0.390 e. The zero-order chi connectivity index (χ0) is 28.7. The minimum atomic E-state index is -0.608. The van der Waals surface area contributed by atoms with Crippen molar-refractivity contribution >= 4 is 22.6 Å². The molecule has 41 heavy (non-hydrogen) atoms. The Balaban J connectivity index is 1.21. The summed E-state index contributed by atoms with van der Waals surface area (Å²) < 4.78 is 0. The van der Waals surface area contributed by atoms with Crippen LogP contribution in [0.4, 0.5) is 5.69 Å². The second kappa shape index (κ2) is 11.0. The fourth-order valence-electron chi connectivity index (χ4n) is 6.41. The number of benzene rings is 2. The molecule has 0 bridgehead atoms. The molecule has 7 heteroatoms. The van der Waals surface area contributed by atoms with Crippen LogP contribution in [0.2, 0.25) is 0 Å². The van der Waals surface area contributed by atoms with Gasteiger partial charge in [-0.3, -0.25) is 4.79 Å². The van der Waals surface area contributed by atoms with Crippen LogP contribution in [-0.4, -0.2) is 82.7 Å². The van der Waals surface area contributed by atoms with Crippen molar-refractivity contribution in [1.29, 1.82) is 0 Å². The number of H-pyrrole nitrogens is 1. The van der Waals surface area contributed by atoms with Gasteiger partial charge in [0.15, 0.2) is 0 Å². The summed E-state index contributed by atoms with van der Waals surface area (Å²) in [5, 5.41) is 11.3. The van der Waals surface area contributed by atoms with Crippen molar-refractivity contribution in [2.45, 2.75) is 51.2 Å². The third kappa shape index (κ3) is 5.61. The van der Waals surface area contributed by atoms with E-state index in [4.69, 9.17) is 4.98 Å². The zero-order valence-electron chi connectivity index (χ0n) is 24.7. The molecule has 0 atom stereocenters. The number of aromatic amines is 1. The van der Waals surface area contributed by atoms with Gasteiger partial charge in [-0.2, -0.15) is 0 Å². The quantitative estimate of drug-likeness (QED) is 0.332. The van der Waals surface area contributed by atoms with Crippen molar-refractivity contribution in [3.05, 3.63) is 72.1 Å². The Morgan fingerprint density at radius 1 is 1.00 bits per heavy atom. The van der Waals surface area contributed by atoms with E-state index in [0.29, 0.717) is 5.56 Å². The van der Waals surface area contributed by atoms with Crippen LogP contribution in [-0.2, 0) is 0 Å². The van der Waals surface area contributed by atoms with Gasteiger partial charge in [0.2, 0.25) is 0 Å². The smallest absolute Gasteiger partial charge is 0.253 e. The van der Waals surface area contributed by atoms with Gasteiger partial charge in [-0.1, -0.05) is 18.2 Å². The number of piperazine rings is 1. The zero-order valence-corrected chi connectivity index (χ0v) is 24.7. The van der Waals surface area contributed by atoms with Gasteiger partial charge in [-0.25, -0.2) is 4.98 Å². The second-order valence-corrected chi connectivity index (χ2v) is 12.3. The second-order valence-electron chi connectivity index (χ2n) is 12.3. The Kier molecular flexibility index (Phi) is 7.34. The van der Waals surface area contributed by atoms with Gasteiger partial charge in [-0.15, -0.1) is 0 Å². The molecule has 1 aliphatic heterocycles. The Bertz CT molecular complexity index is 1540. The molecule has 7 nitrogen and oxygen atoms in total. The average Bonchev–Trinajstić information content (AvgIpc) is 3.40. The lowest BCUT2D eigenvalue weighted by Gasteiger charge is -2.37. The lowest BCUT2D eigenvalue weighted by molar-refractivity contribution is -0.000211. The number of rotatable bonds is 5. The van der Waals surface area contributed by atoms with E-state index in [1.165, 1.54) is 11.3 Å². The highest BCUT2D eigenvalue weighted by Gasteiger charge is 2.32. The highest BCUT2D eigenvalue weighted by molar-refractivity contribution is 5.98. The van der Waals surface area contributed by atoms with Gasteiger partial charge in [-0.05, 0) is 93.6 Å². The van der Waals surface area contributed by atoms with Gasteiger partial charge in [0.05, 0.1) is 5.60 Å². The number of aromatic nitrogens is 2. The van der Waals surface area contributed by atoms with Crippen molar-refractivity contribution in [1.82, 2.24) is 19.8 Å². The highest BCUT2D eigenvalue weighted by atomic mass is 16.3. The standard InChI is InChI=1S/C34H41N5O2/c1-23-19-26(9-10-31(23)39-17-15-37(3)16-18-39)27-20-29-30(22-36-32(29)35-21-27)24-5-7-25(8-6-24)33(40)38(4)28-11-13-34(2,41)14-12-28/h5-10,19-22,28,41H,11-18H2,1-4H3,(H,35,36). The SMILES string of the molecule is Cc1cc(-c2cnc3[nH]cc(-c4ccc(C(=O)N(C)C5CCC(C)(O)CC5)cc4)c3c2)ccc1N1CCN(C)CC1. The number of carbonyl (C=O) groups excluding carboxylic acids is 1. The minimum absolute atomic E-state index is 0.0290. The molecular formula is C34H41N5O2. The molecule has 1 amide bonds. The maximum Gasteiger partial charge on any atom is 0.253 e. The number of amides is 1. The first-order chi connectivity index (χ1) is 19.7. The topological polar surface area (TPSA) is 75.7 Å². The lowest BCUT2D eigenvalue weighted by Crippen LogP contribution is -2.44. The molecule has 2 aromatic heterocycles. The average molecular weight is 552 g/mol. The number of hydrogen-bond acceptors (Lipinski definition) is 5. The first kappa shape index (κ1) is 27.5. The monoisotopic (exact) mass is 551 g/mol.